The van der Waals surface area contributed by atoms with Gasteiger partial charge in [-0.05, 0) is 66.5 Å². The summed E-state index contributed by atoms with van der Waals surface area (Å²) in [4.78, 5) is 0. The van der Waals surface area contributed by atoms with Gasteiger partial charge < -0.3 is 10.6 Å². The van der Waals surface area contributed by atoms with E-state index in [4.69, 9.17) is 0 Å². The summed E-state index contributed by atoms with van der Waals surface area (Å²) in [6.07, 6.45) is 5.29. The third kappa shape index (κ3) is 2.48. The monoisotopic (exact) mass is 198 g/mol. The van der Waals surface area contributed by atoms with Crippen LogP contribution in [-0.4, -0.2) is 25.2 Å². The van der Waals surface area contributed by atoms with E-state index in [9.17, 15) is 0 Å². The summed E-state index contributed by atoms with van der Waals surface area (Å²) in [5, 5.41) is 6.89. The minimum absolute atomic E-state index is 0.301. The van der Waals surface area contributed by atoms with Crippen molar-refractivity contribution in [3.63, 3.8) is 0 Å². The molecule has 0 spiro atoms. The third-order valence-electron chi connectivity index (χ3n) is 4.36. The van der Waals surface area contributed by atoms with Crippen LogP contribution >= 0.6 is 0 Å². The molecule has 1 saturated carbocycles. The maximum absolute atomic E-state index is 3.45. The van der Waals surface area contributed by atoms with Crippen LogP contribution in [0.25, 0.3) is 0 Å². The Morgan fingerprint density at radius 3 is 2.00 bits per heavy atom. The molecule has 84 valence electrons. The summed E-state index contributed by atoms with van der Waals surface area (Å²) in [5.74, 6) is 0.828. The summed E-state index contributed by atoms with van der Waals surface area (Å²) >= 11 is 0. The van der Waals surface area contributed by atoms with Gasteiger partial charge in [-0.1, -0.05) is 0 Å². The van der Waals surface area contributed by atoms with Crippen molar-refractivity contribution in [2.45, 2.75) is 57.5 Å². The van der Waals surface area contributed by atoms with Gasteiger partial charge in [0.15, 0.2) is 0 Å². The van der Waals surface area contributed by atoms with Gasteiger partial charge in [-0.2, -0.15) is 0 Å². The zero-order valence-electron chi connectivity index (χ0n) is 10.4. The van der Waals surface area contributed by atoms with Gasteiger partial charge in [-0.15, -0.1) is 0 Å². The molecule has 1 aliphatic carbocycles. The van der Waals surface area contributed by atoms with Crippen molar-refractivity contribution in [1.82, 2.24) is 10.6 Å². The molecule has 0 saturated heterocycles. The topological polar surface area (TPSA) is 24.1 Å². The van der Waals surface area contributed by atoms with Gasteiger partial charge in [0, 0.05) is 11.1 Å². The molecular weight excluding hydrogens is 172 g/mol. The van der Waals surface area contributed by atoms with E-state index in [2.05, 4.69) is 45.5 Å². The minimum atomic E-state index is 0.301. The zero-order valence-corrected chi connectivity index (χ0v) is 10.4. The Morgan fingerprint density at radius 1 is 1.14 bits per heavy atom. The van der Waals surface area contributed by atoms with E-state index in [0.29, 0.717) is 11.1 Å². The van der Waals surface area contributed by atoms with Crippen molar-refractivity contribution in [1.29, 1.82) is 0 Å². The highest BCUT2D eigenvalue weighted by Crippen LogP contribution is 2.36. The van der Waals surface area contributed by atoms with Crippen molar-refractivity contribution >= 4 is 0 Å². The van der Waals surface area contributed by atoms with E-state index in [-0.39, 0.29) is 0 Å². The Morgan fingerprint density at radius 2 is 1.64 bits per heavy atom. The predicted octanol–water partition coefficient (Wildman–Crippen LogP) is 2.15. The largest absolute Gasteiger partial charge is 0.315 e. The van der Waals surface area contributed by atoms with Gasteiger partial charge in [0.1, 0.15) is 0 Å². The van der Waals surface area contributed by atoms with Crippen LogP contribution in [0.15, 0.2) is 0 Å². The molecular formula is C12H26N2. The van der Waals surface area contributed by atoms with Crippen LogP contribution in [0, 0.1) is 5.92 Å². The lowest BCUT2D eigenvalue weighted by Gasteiger charge is -2.43. The van der Waals surface area contributed by atoms with Crippen molar-refractivity contribution in [2.75, 3.05) is 14.1 Å². The summed E-state index contributed by atoms with van der Waals surface area (Å²) in [6, 6.07) is 0. The summed E-state index contributed by atoms with van der Waals surface area (Å²) < 4.78 is 0. The van der Waals surface area contributed by atoms with E-state index in [1.165, 1.54) is 25.7 Å². The van der Waals surface area contributed by atoms with Gasteiger partial charge >= 0.3 is 0 Å². The first kappa shape index (κ1) is 12.0. The number of hydrogen-bond acceptors (Lipinski definition) is 2. The quantitative estimate of drug-likeness (QED) is 0.726. The molecule has 1 rings (SSSR count). The fourth-order valence-electron chi connectivity index (χ4n) is 2.43. The standard InChI is InChI=1S/C12H26N2/c1-11(2,13-4)10-6-8-12(3,14-5)9-7-10/h10,13-14H,6-9H2,1-5H3. The van der Waals surface area contributed by atoms with E-state index >= 15 is 0 Å². The summed E-state index contributed by atoms with van der Waals surface area (Å²) in [7, 11) is 4.16. The lowest BCUT2D eigenvalue weighted by Crippen LogP contribution is -2.50. The molecule has 1 fully saturated rings. The Bertz CT molecular complexity index is 179. The Hall–Kier alpha value is -0.0800. The SMILES string of the molecule is CNC1(C)CCC(C(C)(C)NC)CC1. The summed E-state index contributed by atoms with van der Waals surface area (Å²) in [5.41, 5.74) is 0.690. The second kappa shape index (κ2) is 4.19. The van der Waals surface area contributed by atoms with Gasteiger partial charge in [0.25, 0.3) is 0 Å². The molecule has 2 nitrogen and oxygen atoms in total. The average Bonchev–Trinajstić information content (AvgIpc) is 2.19. The van der Waals surface area contributed by atoms with Gasteiger partial charge in [-0.3, -0.25) is 0 Å². The normalized spacial score (nSPS) is 34.5. The number of nitrogens with one attached hydrogen (secondary N) is 2. The van der Waals surface area contributed by atoms with Gasteiger partial charge in [0.05, 0.1) is 0 Å². The van der Waals surface area contributed by atoms with E-state index < -0.39 is 0 Å². The molecule has 0 amide bonds. The van der Waals surface area contributed by atoms with Crippen LogP contribution in [0.4, 0.5) is 0 Å². The molecule has 0 unspecified atom stereocenters. The highest BCUT2D eigenvalue weighted by atomic mass is 15.0. The number of rotatable bonds is 3. The van der Waals surface area contributed by atoms with Crippen LogP contribution < -0.4 is 10.6 Å². The first-order chi connectivity index (χ1) is 6.43. The summed E-state index contributed by atoms with van der Waals surface area (Å²) in [6.45, 7) is 6.98. The fourth-order valence-corrected chi connectivity index (χ4v) is 2.43. The molecule has 2 N–H and O–H groups in total. The predicted molar refractivity (Wildman–Crippen MR) is 62.6 cm³/mol. The van der Waals surface area contributed by atoms with Crippen molar-refractivity contribution in [2.24, 2.45) is 5.92 Å². The Labute approximate surface area is 88.8 Å². The smallest absolute Gasteiger partial charge is 0.0150 e. The van der Waals surface area contributed by atoms with Crippen molar-refractivity contribution in [3.05, 3.63) is 0 Å². The molecule has 0 aromatic rings. The Balaban J connectivity index is 2.51. The number of hydrogen-bond donors (Lipinski definition) is 2. The van der Waals surface area contributed by atoms with Gasteiger partial charge in [-0.25, -0.2) is 0 Å². The minimum Gasteiger partial charge on any atom is -0.315 e. The zero-order chi connectivity index (χ0) is 10.8. The Kier molecular flexibility index (Phi) is 3.59. The van der Waals surface area contributed by atoms with E-state index in [1.807, 2.05) is 0 Å². The van der Waals surface area contributed by atoms with Crippen molar-refractivity contribution in [3.8, 4) is 0 Å². The molecule has 0 heterocycles. The fraction of sp³-hybridized carbons (Fsp3) is 1.00. The molecule has 0 aromatic heterocycles. The first-order valence-electron chi connectivity index (χ1n) is 5.81. The van der Waals surface area contributed by atoms with E-state index in [1.54, 1.807) is 0 Å². The highest BCUT2D eigenvalue weighted by molar-refractivity contribution is 4.94. The molecule has 14 heavy (non-hydrogen) atoms. The molecule has 0 aliphatic heterocycles. The highest BCUT2D eigenvalue weighted by Gasteiger charge is 2.35. The molecule has 0 aromatic carbocycles. The van der Waals surface area contributed by atoms with Crippen LogP contribution in [0.2, 0.25) is 0 Å². The molecule has 0 radical (unpaired) electrons. The molecule has 0 atom stereocenters. The van der Waals surface area contributed by atoms with Crippen LogP contribution in [-0.2, 0) is 0 Å². The second-order valence-corrected chi connectivity index (χ2v) is 5.56. The lowest BCUT2D eigenvalue weighted by molar-refractivity contribution is 0.146. The van der Waals surface area contributed by atoms with Crippen LogP contribution in [0.1, 0.15) is 46.5 Å². The molecule has 1 aliphatic rings. The maximum Gasteiger partial charge on any atom is 0.0150 e. The van der Waals surface area contributed by atoms with E-state index in [0.717, 1.165) is 5.92 Å². The average molecular weight is 198 g/mol. The maximum atomic E-state index is 3.45. The van der Waals surface area contributed by atoms with Crippen LogP contribution in [0.3, 0.4) is 0 Å². The first-order valence-corrected chi connectivity index (χ1v) is 5.81. The molecule has 2 heteroatoms. The lowest BCUT2D eigenvalue weighted by atomic mass is 9.71. The van der Waals surface area contributed by atoms with Gasteiger partial charge in [0.2, 0.25) is 0 Å². The van der Waals surface area contributed by atoms with Crippen LogP contribution in [0.5, 0.6) is 0 Å². The second-order valence-electron chi connectivity index (χ2n) is 5.56. The van der Waals surface area contributed by atoms with Crippen molar-refractivity contribution < 1.29 is 0 Å². The molecule has 0 bridgehead atoms. The third-order valence-corrected chi connectivity index (χ3v) is 4.36.